The van der Waals surface area contributed by atoms with Gasteiger partial charge in [-0.2, -0.15) is 4.98 Å². The van der Waals surface area contributed by atoms with Crippen LogP contribution >= 0.6 is 0 Å². The molecule has 5 nitrogen and oxygen atoms in total. The van der Waals surface area contributed by atoms with E-state index in [-0.39, 0.29) is 0 Å². The molecule has 1 aliphatic rings. The summed E-state index contributed by atoms with van der Waals surface area (Å²) in [6.45, 7) is 5.48. The van der Waals surface area contributed by atoms with E-state index in [2.05, 4.69) is 27.6 Å². The zero-order chi connectivity index (χ0) is 12.4. The van der Waals surface area contributed by atoms with Crippen LogP contribution in [0.25, 0.3) is 5.65 Å². The van der Waals surface area contributed by atoms with E-state index in [1.165, 1.54) is 12.8 Å². The highest BCUT2D eigenvalue weighted by molar-refractivity contribution is 5.42. The van der Waals surface area contributed by atoms with Gasteiger partial charge in [0, 0.05) is 12.7 Å². The van der Waals surface area contributed by atoms with Crippen molar-refractivity contribution in [3.63, 3.8) is 0 Å². The van der Waals surface area contributed by atoms with E-state index in [0.717, 1.165) is 31.2 Å². The largest absolute Gasteiger partial charge is 0.352 e. The number of hydrogen-bond donors (Lipinski definition) is 2. The standard InChI is InChI=1S/C13H19N5/c1-13(5-7-14-8-6-13)10-15-12-16-11-4-2-3-9-18(11)17-12/h2-4,9,14H,5-8,10H2,1H3,(H,15,17). The third kappa shape index (κ3) is 2.31. The molecule has 1 fully saturated rings. The summed E-state index contributed by atoms with van der Waals surface area (Å²) in [5.74, 6) is 0.723. The second-order valence-electron chi connectivity index (χ2n) is 5.35. The molecule has 2 aromatic heterocycles. The summed E-state index contributed by atoms with van der Waals surface area (Å²) in [6, 6.07) is 5.89. The average Bonchev–Trinajstić information content (AvgIpc) is 2.80. The lowest BCUT2D eigenvalue weighted by Gasteiger charge is -2.33. The zero-order valence-electron chi connectivity index (χ0n) is 10.7. The molecule has 3 rings (SSSR count). The Morgan fingerprint density at radius 1 is 1.39 bits per heavy atom. The number of rotatable bonds is 3. The number of fused-ring (bicyclic) bond motifs is 1. The molecule has 5 heteroatoms. The Morgan fingerprint density at radius 2 is 2.22 bits per heavy atom. The minimum atomic E-state index is 0.350. The van der Waals surface area contributed by atoms with Crippen molar-refractivity contribution < 1.29 is 0 Å². The third-order valence-corrected chi connectivity index (χ3v) is 3.73. The van der Waals surface area contributed by atoms with Gasteiger partial charge < -0.3 is 10.6 Å². The molecule has 0 radical (unpaired) electrons. The molecule has 0 spiro atoms. The fourth-order valence-corrected chi connectivity index (χ4v) is 2.41. The second kappa shape index (κ2) is 4.57. The Hall–Kier alpha value is -1.62. The Morgan fingerprint density at radius 3 is 3.00 bits per heavy atom. The molecule has 18 heavy (non-hydrogen) atoms. The van der Waals surface area contributed by atoms with Crippen LogP contribution in [-0.4, -0.2) is 34.2 Å². The van der Waals surface area contributed by atoms with Crippen LogP contribution in [0.3, 0.4) is 0 Å². The predicted octanol–water partition coefficient (Wildman–Crippen LogP) is 1.53. The van der Waals surface area contributed by atoms with Crippen LogP contribution in [0.15, 0.2) is 24.4 Å². The lowest BCUT2D eigenvalue weighted by molar-refractivity contribution is 0.247. The maximum Gasteiger partial charge on any atom is 0.243 e. The monoisotopic (exact) mass is 245 g/mol. The minimum Gasteiger partial charge on any atom is -0.352 e. The molecule has 0 aromatic carbocycles. The smallest absolute Gasteiger partial charge is 0.243 e. The SMILES string of the molecule is CC1(CNc2nc3ccccn3n2)CCNCC1. The molecule has 0 aliphatic carbocycles. The predicted molar refractivity (Wildman–Crippen MR) is 71.7 cm³/mol. The third-order valence-electron chi connectivity index (χ3n) is 3.73. The summed E-state index contributed by atoms with van der Waals surface area (Å²) in [7, 11) is 0. The molecule has 3 heterocycles. The van der Waals surface area contributed by atoms with E-state index < -0.39 is 0 Å². The van der Waals surface area contributed by atoms with Crippen LogP contribution in [-0.2, 0) is 0 Å². The zero-order valence-corrected chi connectivity index (χ0v) is 10.7. The lowest BCUT2D eigenvalue weighted by Crippen LogP contribution is -2.39. The van der Waals surface area contributed by atoms with Crippen LogP contribution in [0.5, 0.6) is 0 Å². The highest BCUT2D eigenvalue weighted by Gasteiger charge is 2.26. The molecule has 1 saturated heterocycles. The number of aromatic nitrogens is 3. The number of pyridine rings is 1. The van der Waals surface area contributed by atoms with Gasteiger partial charge in [0.2, 0.25) is 5.95 Å². The fraction of sp³-hybridized carbons (Fsp3) is 0.538. The normalized spacial score (nSPS) is 18.9. The van der Waals surface area contributed by atoms with Crippen molar-refractivity contribution in [2.75, 3.05) is 25.0 Å². The molecular weight excluding hydrogens is 226 g/mol. The first-order valence-corrected chi connectivity index (χ1v) is 6.51. The Kier molecular flexibility index (Phi) is 2.91. The molecule has 96 valence electrons. The van der Waals surface area contributed by atoms with Crippen molar-refractivity contribution in [3.05, 3.63) is 24.4 Å². The molecular formula is C13H19N5. The Balaban J connectivity index is 1.69. The number of hydrogen-bond acceptors (Lipinski definition) is 4. The molecule has 1 aliphatic heterocycles. The highest BCUT2D eigenvalue weighted by Crippen LogP contribution is 2.27. The molecule has 0 amide bonds. The quantitative estimate of drug-likeness (QED) is 0.861. The second-order valence-corrected chi connectivity index (χ2v) is 5.35. The van der Waals surface area contributed by atoms with Gasteiger partial charge >= 0.3 is 0 Å². The average molecular weight is 245 g/mol. The van der Waals surface area contributed by atoms with E-state index in [1.54, 1.807) is 4.52 Å². The Bertz CT molecular complexity index is 494. The van der Waals surface area contributed by atoms with Gasteiger partial charge in [0.15, 0.2) is 5.65 Å². The minimum absolute atomic E-state index is 0.350. The molecule has 2 aromatic rings. The maximum absolute atomic E-state index is 4.45. The highest BCUT2D eigenvalue weighted by atomic mass is 15.3. The van der Waals surface area contributed by atoms with Crippen LogP contribution in [0.2, 0.25) is 0 Å². The van der Waals surface area contributed by atoms with Crippen LogP contribution in [0.4, 0.5) is 5.95 Å². The van der Waals surface area contributed by atoms with Crippen LogP contribution < -0.4 is 10.6 Å². The number of nitrogens with zero attached hydrogens (tertiary/aromatic N) is 3. The van der Waals surface area contributed by atoms with Crippen LogP contribution in [0.1, 0.15) is 19.8 Å². The number of piperidine rings is 1. The first kappa shape index (κ1) is 11.5. The number of nitrogens with one attached hydrogen (secondary N) is 2. The molecule has 0 unspecified atom stereocenters. The van der Waals surface area contributed by atoms with Crippen molar-refractivity contribution in [3.8, 4) is 0 Å². The molecule has 2 N–H and O–H groups in total. The van der Waals surface area contributed by atoms with Gasteiger partial charge in [-0.3, -0.25) is 0 Å². The summed E-state index contributed by atoms with van der Waals surface area (Å²) in [5.41, 5.74) is 1.23. The summed E-state index contributed by atoms with van der Waals surface area (Å²) in [4.78, 5) is 4.45. The van der Waals surface area contributed by atoms with Gasteiger partial charge in [-0.15, -0.1) is 5.10 Å². The lowest BCUT2D eigenvalue weighted by atomic mass is 9.81. The Labute approximate surface area is 107 Å². The number of anilines is 1. The molecule has 0 saturated carbocycles. The van der Waals surface area contributed by atoms with Gasteiger partial charge in [-0.05, 0) is 43.5 Å². The van der Waals surface area contributed by atoms with E-state index in [1.807, 2.05) is 24.4 Å². The molecule has 0 atom stereocenters. The summed E-state index contributed by atoms with van der Waals surface area (Å²) < 4.78 is 1.80. The van der Waals surface area contributed by atoms with Crippen molar-refractivity contribution in [2.24, 2.45) is 5.41 Å². The van der Waals surface area contributed by atoms with E-state index in [9.17, 15) is 0 Å². The van der Waals surface area contributed by atoms with Crippen molar-refractivity contribution in [1.29, 1.82) is 0 Å². The topological polar surface area (TPSA) is 54.2 Å². The first-order chi connectivity index (χ1) is 8.75. The van der Waals surface area contributed by atoms with Crippen molar-refractivity contribution >= 4 is 11.6 Å². The first-order valence-electron chi connectivity index (χ1n) is 6.51. The van der Waals surface area contributed by atoms with E-state index in [4.69, 9.17) is 0 Å². The van der Waals surface area contributed by atoms with Crippen molar-refractivity contribution in [2.45, 2.75) is 19.8 Å². The van der Waals surface area contributed by atoms with Gasteiger partial charge in [0.25, 0.3) is 0 Å². The van der Waals surface area contributed by atoms with E-state index in [0.29, 0.717) is 5.41 Å². The fourth-order valence-electron chi connectivity index (χ4n) is 2.41. The van der Waals surface area contributed by atoms with Gasteiger partial charge in [0.05, 0.1) is 0 Å². The van der Waals surface area contributed by atoms with E-state index >= 15 is 0 Å². The van der Waals surface area contributed by atoms with Crippen molar-refractivity contribution in [1.82, 2.24) is 19.9 Å². The van der Waals surface area contributed by atoms with Crippen LogP contribution in [0, 0.1) is 5.41 Å². The maximum atomic E-state index is 4.45. The van der Waals surface area contributed by atoms with Gasteiger partial charge in [-0.25, -0.2) is 4.52 Å². The summed E-state index contributed by atoms with van der Waals surface area (Å²) >= 11 is 0. The van der Waals surface area contributed by atoms with Gasteiger partial charge in [-0.1, -0.05) is 13.0 Å². The summed E-state index contributed by atoms with van der Waals surface area (Å²) in [6.07, 6.45) is 4.32. The summed E-state index contributed by atoms with van der Waals surface area (Å²) in [5, 5.41) is 11.2. The van der Waals surface area contributed by atoms with Gasteiger partial charge in [0.1, 0.15) is 0 Å². The molecule has 0 bridgehead atoms.